The summed E-state index contributed by atoms with van der Waals surface area (Å²) >= 11 is 0. The van der Waals surface area contributed by atoms with E-state index in [1.807, 2.05) is 0 Å². The van der Waals surface area contributed by atoms with Gasteiger partial charge in [-0.2, -0.15) is 0 Å². The topological polar surface area (TPSA) is 73.3 Å². The van der Waals surface area contributed by atoms with E-state index in [4.69, 9.17) is 4.74 Å². The third kappa shape index (κ3) is 2.59. The van der Waals surface area contributed by atoms with Crippen LogP contribution < -0.4 is 5.32 Å². The fourth-order valence-electron chi connectivity index (χ4n) is 1.91. The van der Waals surface area contributed by atoms with Crippen LogP contribution >= 0.6 is 0 Å². The summed E-state index contributed by atoms with van der Waals surface area (Å²) in [5, 5.41) is 3.17. The predicted molar refractivity (Wildman–Crippen MR) is 65.5 cm³/mol. The van der Waals surface area contributed by atoms with E-state index < -0.39 is 5.97 Å². The van der Waals surface area contributed by atoms with E-state index in [-0.39, 0.29) is 11.3 Å². The number of hydrogen-bond acceptors (Lipinski definition) is 6. The van der Waals surface area contributed by atoms with E-state index in [2.05, 4.69) is 20.0 Å². The van der Waals surface area contributed by atoms with Crippen molar-refractivity contribution in [3.63, 3.8) is 0 Å². The first-order chi connectivity index (χ1) is 8.69. The molecule has 0 aromatic carbocycles. The van der Waals surface area contributed by atoms with Crippen molar-refractivity contribution in [3.05, 3.63) is 18.1 Å². The number of esters is 1. The number of methoxy groups -OCH3 is 2. The maximum absolute atomic E-state index is 11.2. The highest BCUT2D eigenvalue weighted by Crippen LogP contribution is 2.34. The lowest BCUT2D eigenvalue weighted by atomic mass is 9.80. The number of nitrogens with zero attached hydrogens (tertiary/aromatic N) is 2. The molecule has 1 aromatic heterocycles. The highest BCUT2D eigenvalue weighted by Gasteiger charge is 2.36. The average Bonchev–Trinajstić information content (AvgIpc) is 2.38. The molecule has 0 saturated heterocycles. The molecule has 1 aromatic rings. The summed E-state index contributed by atoms with van der Waals surface area (Å²) in [6, 6.07) is 0. The third-order valence-electron chi connectivity index (χ3n) is 3.34. The molecule has 0 bridgehead atoms. The quantitative estimate of drug-likeness (QED) is 0.794. The van der Waals surface area contributed by atoms with Gasteiger partial charge in [-0.05, 0) is 19.3 Å². The maximum Gasteiger partial charge on any atom is 0.358 e. The van der Waals surface area contributed by atoms with Gasteiger partial charge in [-0.1, -0.05) is 0 Å². The minimum atomic E-state index is -0.485. The fraction of sp³-hybridized carbons (Fsp3) is 0.583. The van der Waals surface area contributed by atoms with Gasteiger partial charge >= 0.3 is 5.97 Å². The molecule has 1 aliphatic rings. The zero-order chi connectivity index (χ0) is 13.0. The zero-order valence-corrected chi connectivity index (χ0v) is 10.6. The highest BCUT2D eigenvalue weighted by molar-refractivity contribution is 5.86. The Labute approximate surface area is 106 Å². The lowest BCUT2D eigenvalue weighted by Crippen LogP contribution is -2.45. The number of carbonyl (C=O) groups excluding carboxylic acids is 1. The van der Waals surface area contributed by atoms with Gasteiger partial charge in [-0.25, -0.2) is 14.8 Å². The Morgan fingerprint density at radius 2 is 2.17 bits per heavy atom. The lowest BCUT2D eigenvalue weighted by molar-refractivity contribution is -0.0601. The van der Waals surface area contributed by atoms with Gasteiger partial charge in [-0.3, -0.25) is 0 Å². The van der Waals surface area contributed by atoms with Crippen molar-refractivity contribution in [1.29, 1.82) is 0 Å². The number of rotatable bonds is 5. The first-order valence-electron chi connectivity index (χ1n) is 5.88. The molecule has 0 unspecified atom stereocenters. The van der Waals surface area contributed by atoms with Crippen LogP contribution in [0.4, 0.5) is 5.82 Å². The Hall–Kier alpha value is -1.69. The first kappa shape index (κ1) is 12.8. The highest BCUT2D eigenvalue weighted by atomic mass is 16.5. The Morgan fingerprint density at radius 3 is 2.61 bits per heavy atom. The van der Waals surface area contributed by atoms with Gasteiger partial charge in [0.25, 0.3) is 0 Å². The van der Waals surface area contributed by atoms with E-state index in [0.29, 0.717) is 12.4 Å². The predicted octanol–water partition coefficient (Wildman–Crippen LogP) is 1.24. The Bertz CT molecular complexity index is 410. The zero-order valence-electron chi connectivity index (χ0n) is 10.6. The van der Waals surface area contributed by atoms with E-state index in [0.717, 1.165) is 12.8 Å². The van der Waals surface area contributed by atoms with Gasteiger partial charge in [0.15, 0.2) is 5.69 Å². The standard InChI is InChI=1S/C12H17N3O3/c1-17-11(16)9-6-14-10(7-13-9)15-8-12(18-2)4-3-5-12/h6-7H,3-5,8H2,1-2H3,(H,14,15). The number of aromatic nitrogens is 2. The molecule has 2 rings (SSSR count). The van der Waals surface area contributed by atoms with Crippen molar-refractivity contribution in [2.24, 2.45) is 0 Å². The number of hydrogen-bond donors (Lipinski definition) is 1. The normalized spacial score (nSPS) is 16.8. The average molecular weight is 251 g/mol. The van der Waals surface area contributed by atoms with Gasteiger partial charge in [0, 0.05) is 13.7 Å². The fourth-order valence-corrected chi connectivity index (χ4v) is 1.91. The van der Waals surface area contributed by atoms with Crippen LogP contribution in [-0.4, -0.2) is 42.3 Å². The van der Waals surface area contributed by atoms with Crippen molar-refractivity contribution in [1.82, 2.24) is 9.97 Å². The Morgan fingerprint density at radius 1 is 1.39 bits per heavy atom. The first-order valence-corrected chi connectivity index (χ1v) is 5.88. The van der Waals surface area contributed by atoms with E-state index >= 15 is 0 Å². The van der Waals surface area contributed by atoms with Crippen molar-refractivity contribution in [2.45, 2.75) is 24.9 Å². The monoisotopic (exact) mass is 251 g/mol. The molecule has 1 saturated carbocycles. The number of carbonyl (C=O) groups is 1. The van der Waals surface area contributed by atoms with Crippen LogP contribution in [0.25, 0.3) is 0 Å². The largest absolute Gasteiger partial charge is 0.464 e. The second-order valence-electron chi connectivity index (χ2n) is 4.37. The van der Waals surface area contributed by atoms with Crippen LogP contribution in [0.1, 0.15) is 29.8 Å². The molecule has 0 spiro atoms. The number of nitrogens with one attached hydrogen (secondary N) is 1. The van der Waals surface area contributed by atoms with E-state index in [1.165, 1.54) is 25.9 Å². The molecule has 0 radical (unpaired) electrons. The van der Waals surface area contributed by atoms with Crippen LogP contribution in [0.2, 0.25) is 0 Å². The molecule has 6 heteroatoms. The lowest BCUT2D eigenvalue weighted by Gasteiger charge is -2.40. The Balaban J connectivity index is 1.92. The summed E-state index contributed by atoms with van der Waals surface area (Å²) in [6.07, 6.45) is 6.24. The van der Waals surface area contributed by atoms with E-state index in [9.17, 15) is 4.79 Å². The van der Waals surface area contributed by atoms with Crippen LogP contribution in [0.5, 0.6) is 0 Å². The van der Waals surface area contributed by atoms with Gasteiger partial charge in [-0.15, -0.1) is 0 Å². The van der Waals surface area contributed by atoms with Crippen molar-refractivity contribution in [3.8, 4) is 0 Å². The molecule has 1 aliphatic carbocycles. The molecular weight excluding hydrogens is 234 g/mol. The summed E-state index contributed by atoms with van der Waals surface area (Å²) in [5.41, 5.74) is 0.135. The summed E-state index contributed by atoms with van der Waals surface area (Å²) in [5.74, 6) is 0.146. The molecule has 18 heavy (non-hydrogen) atoms. The molecule has 98 valence electrons. The van der Waals surface area contributed by atoms with Gasteiger partial charge < -0.3 is 14.8 Å². The van der Waals surface area contributed by atoms with Gasteiger partial charge in [0.1, 0.15) is 5.82 Å². The molecular formula is C12H17N3O3. The van der Waals surface area contributed by atoms with Crippen LogP contribution in [0.15, 0.2) is 12.4 Å². The number of anilines is 1. The summed E-state index contributed by atoms with van der Waals surface area (Å²) < 4.78 is 10.0. The van der Waals surface area contributed by atoms with Crippen LogP contribution in [-0.2, 0) is 9.47 Å². The van der Waals surface area contributed by atoms with Crippen LogP contribution in [0, 0.1) is 0 Å². The summed E-state index contributed by atoms with van der Waals surface area (Å²) in [4.78, 5) is 19.3. The minimum absolute atomic E-state index is 0.0668. The second kappa shape index (κ2) is 5.30. The minimum Gasteiger partial charge on any atom is -0.464 e. The van der Waals surface area contributed by atoms with Gasteiger partial charge in [0.2, 0.25) is 0 Å². The molecule has 1 heterocycles. The van der Waals surface area contributed by atoms with E-state index in [1.54, 1.807) is 7.11 Å². The van der Waals surface area contributed by atoms with Gasteiger partial charge in [0.05, 0.1) is 25.1 Å². The smallest absolute Gasteiger partial charge is 0.358 e. The third-order valence-corrected chi connectivity index (χ3v) is 3.34. The molecule has 0 aliphatic heterocycles. The molecule has 1 fully saturated rings. The number of ether oxygens (including phenoxy) is 2. The second-order valence-corrected chi connectivity index (χ2v) is 4.37. The SMILES string of the molecule is COC(=O)c1cnc(NCC2(OC)CCC2)cn1. The molecule has 1 N–H and O–H groups in total. The molecule has 0 amide bonds. The Kier molecular flexibility index (Phi) is 3.76. The maximum atomic E-state index is 11.2. The van der Waals surface area contributed by atoms with Crippen molar-refractivity contribution < 1.29 is 14.3 Å². The van der Waals surface area contributed by atoms with Crippen LogP contribution in [0.3, 0.4) is 0 Å². The van der Waals surface area contributed by atoms with Crippen molar-refractivity contribution >= 4 is 11.8 Å². The summed E-state index contributed by atoms with van der Waals surface area (Å²) in [7, 11) is 3.04. The summed E-state index contributed by atoms with van der Waals surface area (Å²) in [6.45, 7) is 0.704. The van der Waals surface area contributed by atoms with Crippen molar-refractivity contribution in [2.75, 3.05) is 26.1 Å². The molecule has 0 atom stereocenters. The molecule has 6 nitrogen and oxygen atoms in total.